The van der Waals surface area contributed by atoms with Crippen LogP contribution in [0.5, 0.6) is 0 Å². The second-order valence-corrected chi connectivity index (χ2v) is 8.03. The lowest BCUT2D eigenvalue weighted by atomic mass is 10.2. The molecule has 0 amide bonds. The summed E-state index contributed by atoms with van der Waals surface area (Å²) in [4.78, 5) is 12.3. The Labute approximate surface area is 138 Å². The van der Waals surface area contributed by atoms with Gasteiger partial charge in [0.05, 0.1) is 17.8 Å². The molecule has 0 unspecified atom stereocenters. The standard InChI is InChI=1S/C14H17N3O4S2/c1-9(2)21-14(18)11-6-4-8-17(11)23(19,20)12-7-3-5-10-13(12)16-22-15-10/h3,5,7,9,11H,4,6,8H2,1-2H3/t11-/m0/s1. The van der Waals surface area contributed by atoms with Gasteiger partial charge in [-0.1, -0.05) is 6.07 Å². The number of hydrogen-bond acceptors (Lipinski definition) is 7. The van der Waals surface area contributed by atoms with Crippen molar-refractivity contribution in [3.63, 3.8) is 0 Å². The molecule has 1 aliphatic rings. The third-order valence-electron chi connectivity index (χ3n) is 3.66. The van der Waals surface area contributed by atoms with Crippen LogP contribution in [-0.2, 0) is 19.6 Å². The zero-order valence-corrected chi connectivity index (χ0v) is 14.4. The SMILES string of the molecule is CC(C)OC(=O)[C@@H]1CCCN1S(=O)(=O)c1cccc2nsnc12. The first-order chi connectivity index (χ1) is 10.9. The largest absolute Gasteiger partial charge is 0.462 e. The van der Waals surface area contributed by atoms with Crippen molar-refractivity contribution >= 4 is 38.8 Å². The molecule has 1 atom stereocenters. The Morgan fingerprint density at radius 3 is 2.91 bits per heavy atom. The van der Waals surface area contributed by atoms with Gasteiger partial charge in [-0.15, -0.1) is 0 Å². The van der Waals surface area contributed by atoms with Crippen LogP contribution < -0.4 is 0 Å². The number of aromatic nitrogens is 2. The summed E-state index contributed by atoms with van der Waals surface area (Å²) in [6.45, 7) is 3.79. The molecule has 9 heteroatoms. The number of esters is 1. The summed E-state index contributed by atoms with van der Waals surface area (Å²) < 4.78 is 40.6. The lowest BCUT2D eigenvalue weighted by Gasteiger charge is -2.23. The number of fused-ring (bicyclic) bond motifs is 1. The summed E-state index contributed by atoms with van der Waals surface area (Å²) in [5, 5.41) is 0. The third-order valence-corrected chi connectivity index (χ3v) is 6.15. The molecule has 1 aromatic carbocycles. The molecule has 0 N–H and O–H groups in total. The smallest absolute Gasteiger partial charge is 0.324 e. The van der Waals surface area contributed by atoms with Gasteiger partial charge in [0.1, 0.15) is 22.0 Å². The number of nitrogens with zero attached hydrogens (tertiary/aromatic N) is 3. The molecular formula is C14H17N3O4S2. The van der Waals surface area contributed by atoms with Gasteiger partial charge in [-0.25, -0.2) is 8.42 Å². The molecule has 7 nitrogen and oxygen atoms in total. The Bertz CT molecular complexity index is 831. The maximum Gasteiger partial charge on any atom is 0.324 e. The van der Waals surface area contributed by atoms with Gasteiger partial charge in [-0.3, -0.25) is 4.79 Å². The van der Waals surface area contributed by atoms with Crippen LogP contribution in [0.3, 0.4) is 0 Å². The average molecular weight is 355 g/mol. The van der Waals surface area contributed by atoms with Gasteiger partial charge in [0, 0.05) is 6.54 Å². The maximum atomic E-state index is 13.0. The van der Waals surface area contributed by atoms with Crippen LogP contribution in [0.1, 0.15) is 26.7 Å². The Morgan fingerprint density at radius 2 is 2.17 bits per heavy atom. The van der Waals surface area contributed by atoms with Crippen molar-refractivity contribution < 1.29 is 17.9 Å². The van der Waals surface area contributed by atoms with Crippen molar-refractivity contribution in [3.8, 4) is 0 Å². The molecule has 1 saturated heterocycles. The van der Waals surface area contributed by atoms with E-state index < -0.39 is 22.0 Å². The Balaban J connectivity index is 1.98. The van der Waals surface area contributed by atoms with Crippen molar-refractivity contribution in [2.75, 3.05) is 6.54 Å². The predicted octanol–water partition coefficient (Wildman–Crippen LogP) is 1.80. The van der Waals surface area contributed by atoms with Crippen LogP contribution in [0.4, 0.5) is 0 Å². The number of hydrogen-bond donors (Lipinski definition) is 0. The van der Waals surface area contributed by atoms with Crippen LogP contribution in [0.15, 0.2) is 23.1 Å². The number of ether oxygens (including phenoxy) is 1. The summed E-state index contributed by atoms with van der Waals surface area (Å²) >= 11 is 0.967. The molecule has 0 bridgehead atoms. The molecule has 124 valence electrons. The van der Waals surface area contributed by atoms with E-state index in [1.54, 1.807) is 26.0 Å². The summed E-state index contributed by atoms with van der Waals surface area (Å²) in [5.41, 5.74) is 0.886. The highest BCUT2D eigenvalue weighted by molar-refractivity contribution is 7.89. The van der Waals surface area contributed by atoms with Crippen LogP contribution >= 0.6 is 11.7 Å². The van der Waals surface area contributed by atoms with Crippen LogP contribution in [0, 0.1) is 0 Å². The second kappa shape index (κ2) is 6.14. The average Bonchev–Trinajstić information content (AvgIpc) is 3.15. The third kappa shape index (κ3) is 2.96. The maximum absolute atomic E-state index is 13.0. The lowest BCUT2D eigenvalue weighted by molar-refractivity contribution is -0.151. The lowest BCUT2D eigenvalue weighted by Crippen LogP contribution is -2.42. The van der Waals surface area contributed by atoms with Gasteiger partial charge in [0.15, 0.2) is 0 Å². The fraction of sp³-hybridized carbons (Fsp3) is 0.500. The van der Waals surface area contributed by atoms with Crippen molar-refractivity contribution in [1.29, 1.82) is 0 Å². The first-order valence-corrected chi connectivity index (χ1v) is 9.52. The van der Waals surface area contributed by atoms with Crippen LogP contribution in [0.2, 0.25) is 0 Å². The Kier molecular flexibility index (Phi) is 4.35. The van der Waals surface area contributed by atoms with E-state index in [9.17, 15) is 13.2 Å². The molecule has 0 aliphatic carbocycles. The van der Waals surface area contributed by atoms with Crippen molar-refractivity contribution in [2.24, 2.45) is 0 Å². The van der Waals surface area contributed by atoms with Crippen LogP contribution in [-0.4, -0.2) is 46.1 Å². The molecule has 0 spiro atoms. The highest BCUT2D eigenvalue weighted by Gasteiger charge is 2.41. The van der Waals surface area contributed by atoms with E-state index in [1.807, 2.05) is 0 Å². The van der Waals surface area contributed by atoms with Crippen LogP contribution in [0.25, 0.3) is 11.0 Å². The van der Waals surface area contributed by atoms with Gasteiger partial charge < -0.3 is 4.74 Å². The number of carbonyl (C=O) groups excluding carboxylic acids is 1. The summed E-state index contributed by atoms with van der Waals surface area (Å²) in [7, 11) is -3.83. The zero-order valence-electron chi connectivity index (χ0n) is 12.8. The van der Waals surface area contributed by atoms with Gasteiger partial charge in [0.25, 0.3) is 0 Å². The quantitative estimate of drug-likeness (QED) is 0.777. The second-order valence-electron chi connectivity index (χ2n) is 5.65. The fourth-order valence-electron chi connectivity index (χ4n) is 2.69. The molecule has 0 saturated carbocycles. The van der Waals surface area contributed by atoms with E-state index >= 15 is 0 Å². The Morgan fingerprint density at radius 1 is 1.39 bits per heavy atom. The van der Waals surface area contributed by atoms with Crippen molar-refractivity contribution in [1.82, 2.24) is 13.1 Å². The van der Waals surface area contributed by atoms with E-state index in [4.69, 9.17) is 4.74 Å². The first kappa shape index (κ1) is 16.3. The first-order valence-electron chi connectivity index (χ1n) is 7.35. The normalized spacial score (nSPS) is 19.5. The van der Waals surface area contributed by atoms with Gasteiger partial charge in [-0.2, -0.15) is 13.1 Å². The molecule has 3 rings (SSSR count). The fourth-order valence-corrected chi connectivity index (χ4v) is 5.09. The van der Waals surface area contributed by atoms with Gasteiger partial charge >= 0.3 is 5.97 Å². The summed E-state index contributed by atoms with van der Waals surface area (Å²) in [6.07, 6.45) is 0.817. The minimum Gasteiger partial charge on any atom is -0.462 e. The molecule has 1 aliphatic heterocycles. The van der Waals surface area contributed by atoms with Crippen molar-refractivity contribution in [2.45, 2.75) is 43.7 Å². The molecule has 1 aromatic heterocycles. The monoisotopic (exact) mass is 355 g/mol. The summed E-state index contributed by atoms with van der Waals surface area (Å²) in [6, 6.07) is 4.08. The Hall–Kier alpha value is -1.58. The van der Waals surface area contributed by atoms with E-state index in [1.165, 1.54) is 10.4 Å². The van der Waals surface area contributed by atoms with E-state index in [0.29, 0.717) is 30.4 Å². The molecule has 0 radical (unpaired) electrons. The highest BCUT2D eigenvalue weighted by Crippen LogP contribution is 2.30. The number of sulfonamides is 1. The predicted molar refractivity (Wildman–Crippen MR) is 85.6 cm³/mol. The minimum atomic E-state index is -3.83. The molecule has 1 fully saturated rings. The van der Waals surface area contributed by atoms with Gasteiger partial charge in [0.2, 0.25) is 10.0 Å². The highest BCUT2D eigenvalue weighted by atomic mass is 32.2. The topological polar surface area (TPSA) is 89.5 Å². The minimum absolute atomic E-state index is 0.0907. The van der Waals surface area contributed by atoms with E-state index in [-0.39, 0.29) is 11.0 Å². The molecule has 2 aromatic rings. The molecule has 2 heterocycles. The summed E-state index contributed by atoms with van der Waals surface area (Å²) in [5.74, 6) is -0.496. The molecular weight excluding hydrogens is 338 g/mol. The molecule has 23 heavy (non-hydrogen) atoms. The van der Waals surface area contributed by atoms with Gasteiger partial charge in [-0.05, 0) is 38.8 Å². The van der Waals surface area contributed by atoms with Crippen molar-refractivity contribution in [3.05, 3.63) is 18.2 Å². The number of benzene rings is 1. The number of carbonyl (C=O) groups is 1. The van der Waals surface area contributed by atoms with E-state index in [0.717, 1.165) is 11.7 Å². The number of rotatable bonds is 4. The zero-order chi connectivity index (χ0) is 16.6. The van der Waals surface area contributed by atoms with E-state index in [2.05, 4.69) is 8.75 Å².